The molecule has 0 radical (unpaired) electrons. The number of likely N-dealkylation sites (tertiary alicyclic amines) is 1. The minimum Gasteiger partial charge on any atom is -0.494 e. The molecular formula is C33H40N6O6. The maximum atomic E-state index is 14.0. The van der Waals surface area contributed by atoms with Crippen molar-refractivity contribution < 1.29 is 29.0 Å². The molecule has 4 aromatic rings. The number of alkyl carbamates (subject to hydrolysis) is 1. The van der Waals surface area contributed by atoms with E-state index in [1.165, 1.54) is 6.07 Å². The Bertz CT molecular complexity index is 1810. The average molecular weight is 617 g/mol. The molecule has 1 saturated heterocycles. The van der Waals surface area contributed by atoms with E-state index in [9.17, 15) is 19.5 Å². The standard InChI is InChI=1S/C33H40N6O6/c1-18-7-11-22(34-32(43)45-33(2,3)4)17-38(18)30(40)21-13-24-27(26(15-21)44-6)37(5)29(36-24)25-14-20-10-12-23(31(41)42)35-28(20)39(25)16-19-8-9-19/h10,12-15,18-19,22H,7-9,11,16-17H2,1-6H3,(H,34,43)(H,41,42)/t18-,22+/m0/s1. The van der Waals surface area contributed by atoms with Crippen molar-refractivity contribution in [2.24, 2.45) is 13.0 Å². The first-order chi connectivity index (χ1) is 21.3. The number of imidazole rings is 1. The Balaban J connectivity index is 1.35. The van der Waals surface area contributed by atoms with E-state index < -0.39 is 17.7 Å². The third-order valence-corrected chi connectivity index (χ3v) is 8.59. The minimum absolute atomic E-state index is 0.00510. The molecule has 1 aromatic carbocycles. The molecule has 2 amide bonds. The first-order valence-corrected chi connectivity index (χ1v) is 15.4. The Hall–Kier alpha value is -4.61. The van der Waals surface area contributed by atoms with Crippen molar-refractivity contribution >= 4 is 40.0 Å². The van der Waals surface area contributed by atoms with Gasteiger partial charge >= 0.3 is 12.1 Å². The van der Waals surface area contributed by atoms with Crippen LogP contribution in [-0.4, -0.2) is 78.4 Å². The lowest BCUT2D eigenvalue weighted by Gasteiger charge is -2.38. The number of aryl methyl sites for hydroxylation is 1. The van der Waals surface area contributed by atoms with Crippen molar-refractivity contribution in [3.8, 4) is 17.3 Å². The highest BCUT2D eigenvalue weighted by molar-refractivity contribution is 6.00. The number of carbonyl (C=O) groups is 3. The minimum atomic E-state index is -1.07. The van der Waals surface area contributed by atoms with Crippen molar-refractivity contribution in [1.82, 2.24) is 29.3 Å². The molecule has 1 saturated carbocycles. The van der Waals surface area contributed by atoms with E-state index in [0.717, 1.165) is 42.3 Å². The molecule has 2 atom stereocenters. The van der Waals surface area contributed by atoms with Gasteiger partial charge in [-0.1, -0.05) is 0 Å². The van der Waals surface area contributed by atoms with Gasteiger partial charge in [0.05, 0.1) is 18.3 Å². The molecule has 0 bridgehead atoms. The Morgan fingerprint density at radius 2 is 1.82 bits per heavy atom. The molecule has 0 spiro atoms. The molecule has 3 aromatic heterocycles. The number of rotatable bonds is 7. The number of benzene rings is 1. The third-order valence-electron chi connectivity index (χ3n) is 8.59. The van der Waals surface area contributed by atoms with E-state index >= 15 is 0 Å². The smallest absolute Gasteiger partial charge is 0.407 e. The molecule has 12 heteroatoms. The van der Waals surface area contributed by atoms with Crippen LogP contribution in [0.25, 0.3) is 33.6 Å². The molecule has 1 aliphatic carbocycles. The van der Waals surface area contributed by atoms with Gasteiger partial charge in [0.2, 0.25) is 0 Å². The average Bonchev–Trinajstić information content (AvgIpc) is 3.65. The summed E-state index contributed by atoms with van der Waals surface area (Å²) in [4.78, 5) is 49.3. The number of hydrogen-bond acceptors (Lipinski definition) is 7. The second-order valence-electron chi connectivity index (χ2n) is 13.3. The summed E-state index contributed by atoms with van der Waals surface area (Å²) in [6, 6.07) is 8.57. The van der Waals surface area contributed by atoms with Crippen LogP contribution in [0.2, 0.25) is 0 Å². The second kappa shape index (κ2) is 11.4. The van der Waals surface area contributed by atoms with Crippen molar-refractivity contribution in [2.75, 3.05) is 13.7 Å². The van der Waals surface area contributed by atoms with Crippen molar-refractivity contribution in [1.29, 1.82) is 0 Å². The fraction of sp³-hybridized carbons (Fsp3) is 0.485. The summed E-state index contributed by atoms with van der Waals surface area (Å²) in [6.45, 7) is 8.53. The van der Waals surface area contributed by atoms with Gasteiger partial charge in [-0.3, -0.25) is 4.79 Å². The molecule has 238 valence electrons. The number of pyridine rings is 1. The van der Waals surface area contributed by atoms with E-state index in [4.69, 9.17) is 14.5 Å². The highest BCUT2D eigenvalue weighted by atomic mass is 16.6. The number of carbonyl (C=O) groups excluding carboxylic acids is 2. The van der Waals surface area contributed by atoms with E-state index in [-0.39, 0.29) is 23.7 Å². The van der Waals surface area contributed by atoms with Crippen LogP contribution in [0.1, 0.15) is 74.2 Å². The Morgan fingerprint density at radius 1 is 1.07 bits per heavy atom. The van der Waals surface area contributed by atoms with E-state index in [1.807, 2.05) is 45.4 Å². The number of amides is 2. The Morgan fingerprint density at radius 3 is 2.49 bits per heavy atom. The molecule has 45 heavy (non-hydrogen) atoms. The van der Waals surface area contributed by atoms with Gasteiger partial charge in [0, 0.05) is 43.2 Å². The predicted octanol–water partition coefficient (Wildman–Crippen LogP) is 5.22. The highest BCUT2D eigenvalue weighted by Crippen LogP contribution is 2.38. The fourth-order valence-corrected chi connectivity index (χ4v) is 6.14. The van der Waals surface area contributed by atoms with Crippen LogP contribution in [0.3, 0.4) is 0 Å². The number of fused-ring (bicyclic) bond motifs is 2. The molecule has 1 aliphatic heterocycles. The summed E-state index contributed by atoms with van der Waals surface area (Å²) in [7, 11) is 3.48. The van der Waals surface area contributed by atoms with Gasteiger partial charge < -0.3 is 33.9 Å². The summed E-state index contributed by atoms with van der Waals surface area (Å²) >= 11 is 0. The largest absolute Gasteiger partial charge is 0.494 e. The van der Waals surface area contributed by atoms with Crippen molar-refractivity contribution in [3.05, 3.63) is 41.6 Å². The lowest BCUT2D eigenvalue weighted by molar-refractivity contribution is 0.0412. The third kappa shape index (κ3) is 6.05. The number of aromatic carboxylic acids is 1. The summed E-state index contributed by atoms with van der Waals surface area (Å²) in [5.74, 6) is 0.442. The number of nitrogens with one attached hydrogen (secondary N) is 1. The van der Waals surface area contributed by atoms with Crippen LogP contribution >= 0.6 is 0 Å². The van der Waals surface area contributed by atoms with Gasteiger partial charge in [-0.05, 0) is 89.6 Å². The van der Waals surface area contributed by atoms with Crippen LogP contribution in [0, 0.1) is 5.92 Å². The zero-order valence-corrected chi connectivity index (χ0v) is 26.6. The lowest BCUT2D eigenvalue weighted by atomic mass is 9.98. The molecular weight excluding hydrogens is 576 g/mol. The number of nitrogens with zero attached hydrogens (tertiary/aromatic N) is 5. The first kappa shape index (κ1) is 30.4. The van der Waals surface area contributed by atoms with Gasteiger partial charge in [-0.2, -0.15) is 0 Å². The summed E-state index contributed by atoms with van der Waals surface area (Å²) in [6.07, 6.45) is 3.22. The Kier molecular flexibility index (Phi) is 7.70. The molecule has 4 heterocycles. The van der Waals surface area contributed by atoms with Crippen LogP contribution in [-0.2, 0) is 18.3 Å². The molecule has 2 aliphatic rings. The molecule has 12 nitrogen and oxygen atoms in total. The van der Waals surface area contributed by atoms with Crippen LogP contribution in [0.5, 0.6) is 5.75 Å². The number of carboxylic acids is 1. The van der Waals surface area contributed by atoms with Gasteiger partial charge in [-0.15, -0.1) is 0 Å². The maximum absolute atomic E-state index is 14.0. The quantitative estimate of drug-likeness (QED) is 0.288. The lowest BCUT2D eigenvalue weighted by Crippen LogP contribution is -2.53. The van der Waals surface area contributed by atoms with Gasteiger partial charge in [-0.25, -0.2) is 19.6 Å². The fourth-order valence-electron chi connectivity index (χ4n) is 6.14. The van der Waals surface area contributed by atoms with E-state index in [1.54, 1.807) is 30.2 Å². The monoisotopic (exact) mass is 616 g/mol. The molecule has 2 fully saturated rings. The normalized spacial score (nSPS) is 18.8. The van der Waals surface area contributed by atoms with Crippen LogP contribution in [0.4, 0.5) is 4.79 Å². The topological polar surface area (TPSA) is 141 Å². The summed E-state index contributed by atoms with van der Waals surface area (Å²) in [5, 5.41) is 13.3. The van der Waals surface area contributed by atoms with E-state index in [2.05, 4.69) is 14.9 Å². The zero-order valence-electron chi connectivity index (χ0n) is 26.6. The van der Waals surface area contributed by atoms with Crippen LogP contribution < -0.4 is 10.1 Å². The van der Waals surface area contributed by atoms with Crippen LogP contribution in [0.15, 0.2) is 30.3 Å². The highest BCUT2D eigenvalue weighted by Gasteiger charge is 2.33. The van der Waals surface area contributed by atoms with Gasteiger partial charge in [0.1, 0.15) is 22.5 Å². The number of ether oxygens (including phenoxy) is 2. The Labute approximate surface area is 261 Å². The SMILES string of the molecule is COc1cc(C(=O)N2C[C@H](NC(=O)OC(C)(C)C)CC[C@@H]2C)cc2nc(-c3cc4ccc(C(=O)O)nc4n3CC3CC3)n(C)c12. The predicted molar refractivity (Wildman–Crippen MR) is 169 cm³/mol. The van der Waals surface area contributed by atoms with Crippen molar-refractivity contribution in [3.63, 3.8) is 0 Å². The number of aromatic nitrogens is 4. The molecule has 2 N–H and O–H groups in total. The summed E-state index contributed by atoms with van der Waals surface area (Å²) in [5.41, 5.74) is 2.60. The number of methoxy groups -OCH3 is 1. The zero-order chi connectivity index (χ0) is 32.2. The second-order valence-corrected chi connectivity index (χ2v) is 13.3. The van der Waals surface area contributed by atoms with E-state index in [0.29, 0.717) is 47.3 Å². The molecule has 0 unspecified atom stereocenters. The van der Waals surface area contributed by atoms with Gasteiger partial charge in [0.15, 0.2) is 11.5 Å². The summed E-state index contributed by atoms with van der Waals surface area (Å²) < 4.78 is 15.2. The number of carboxylic acid groups (broad SMARTS) is 1. The number of piperidine rings is 1. The van der Waals surface area contributed by atoms with Crippen molar-refractivity contribution in [2.45, 2.75) is 77.6 Å². The maximum Gasteiger partial charge on any atom is 0.407 e. The first-order valence-electron chi connectivity index (χ1n) is 15.4. The van der Waals surface area contributed by atoms with Gasteiger partial charge in [0.25, 0.3) is 5.91 Å². The molecule has 6 rings (SSSR count). The number of hydrogen-bond donors (Lipinski definition) is 2.